The van der Waals surface area contributed by atoms with Crippen molar-refractivity contribution >= 4 is 23.5 Å². The molecule has 62 heavy (non-hydrogen) atoms. The van der Waals surface area contributed by atoms with Crippen LogP contribution in [0.15, 0.2) is 60.7 Å². The quantitative estimate of drug-likeness (QED) is 0.185. The summed E-state index contributed by atoms with van der Waals surface area (Å²) >= 11 is 4.09. The van der Waals surface area contributed by atoms with E-state index in [0.29, 0.717) is 22.0 Å². The van der Waals surface area contributed by atoms with Crippen LogP contribution in [0.2, 0.25) is 0 Å². The highest BCUT2D eigenvalue weighted by molar-refractivity contribution is 8.03. The van der Waals surface area contributed by atoms with Crippen LogP contribution in [-0.2, 0) is 44.0 Å². The summed E-state index contributed by atoms with van der Waals surface area (Å²) < 4.78 is 0. The molecule has 0 amide bonds. The summed E-state index contributed by atoms with van der Waals surface area (Å²) in [5.41, 5.74) is 13.7. The standard InChI is InChI=1S/C58H84O2S2/c1-53(2,3)41-25-37(26-42(31-41)54(4,5)6)47-33-45(57(13,14)15)29-39(51(47)59)35-61-49-23-21-19-20-22-24-50(49)62-36-40-30-46(58(16,17)18)34-48(52(40)60)38-27-43(55(7,8)9)32-44(28-38)56(10,11)12/h25-34,49-50,59-60H,19-24,35-36H2,1-18H3/t49-,50-/m0/s1. The molecule has 2 nitrogen and oxygen atoms in total. The summed E-state index contributed by atoms with van der Waals surface area (Å²) in [6, 6.07) is 23.1. The fraction of sp³-hybridized carbons (Fsp3) is 0.586. The SMILES string of the molecule is CC(C)(C)c1cc(-c2cc(C(C)(C)C)cc(CS[C@H]3CCCCCC[C@@H]3SCc3cc(C(C)(C)C)cc(-c4cc(C(C)(C)C)cc(C(C)(C)C)c4)c3O)c2O)cc(C(C)(C)C)c1. The Balaban J connectivity index is 1.52. The van der Waals surface area contributed by atoms with Gasteiger partial charge in [-0.1, -0.05) is 199 Å². The summed E-state index contributed by atoms with van der Waals surface area (Å²) in [5.74, 6) is 2.39. The Bertz CT molecular complexity index is 1960. The minimum absolute atomic E-state index is 0.0175. The van der Waals surface area contributed by atoms with Crippen molar-refractivity contribution in [2.24, 2.45) is 0 Å². The first-order valence-electron chi connectivity index (χ1n) is 23.6. The highest BCUT2D eigenvalue weighted by atomic mass is 32.2. The first kappa shape index (κ1) is 50.2. The van der Waals surface area contributed by atoms with Crippen LogP contribution in [0.3, 0.4) is 0 Å². The molecule has 0 radical (unpaired) electrons. The van der Waals surface area contributed by atoms with Gasteiger partial charge in [0, 0.05) is 44.3 Å². The Kier molecular flexibility index (Phi) is 15.0. The number of rotatable bonds is 8. The Morgan fingerprint density at radius 3 is 0.887 bits per heavy atom. The van der Waals surface area contributed by atoms with Crippen LogP contribution < -0.4 is 0 Å². The van der Waals surface area contributed by atoms with Crippen molar-refractivity contribution in [3.63, 3.8) is 0 Å². The lowest BCUT2D eigenvalue weighted by Gasteiger charge is -2.30. The molecule has 4 aromatic carbocycles. The molecule has 0 spiro atoms. The molecule has 4 aromatic rings. The average molecular weight is 877 g/mol. The van der Waals surface area contributed by atoms with E-state index >= 15 is 0 Å². The second-order valence-electron chi connectivity index (χ2n) is 24.9. The predicted octanol–water partition coefficient (Wildman–Crippen LogP) is 17.5. The Morgan fingerprint density at radius 2 is 0.629 bits per heavy atom. The Hall–Kier alpha value is -2.82. The normalized spacial score (nSPS) is 17.5. The molecule has 1 aliphatic rings. The highest BCUT2D eigenvalue weighted by Crippen LogP contribution is 2.46. The van der Waals surface area contributed by atoms with Gasteiger partial charge in [-0.2, -0.15) is 23.5 Å². The zero-order chi connectivity index (χ0) is 46.4. The highest BCUT2D eigenvalue weighted by Gasteiger charge is 2.29. The Labute approximate surface area is 388 Å². The molecule has 0 bridgehead atoms. The maximum absolute atomic E-state index is 12.3. The Morgan fingerprint density at radius 1 is 0.371 bits per heavy atom. The number of phenols is 2. The topological polar surface area (TPSA) is 40.5 Å². The maximum Gasteiger partial charge on any atom is 0.127 e. The van der Waals surface area contributed by atoms with Gasteiger partial charge in [0.1, 0.15) is 11.5 Å². The van der Waals surface area contributed by atoms with Crippen molar-refractivity contribution in [3.8, 4) is 33.8 Å². The number of benzene rings is 4. The van der Waals surface area contributed by atoms with Crippen molar-refractivity contribution in [2.45, 2.75) is 218 Å². The molecule has 340 valence electrons. The smallest absolute Gasteiger partial charge is 0.127 e. The average Bonchev–Trinajstić information content (AvgIpc) is 3.12. The van der Waals surface area contributed by atoms with Crippen molar-refractivity contribution in [3.05, 3.63) is 105 Å². The van der Waals surface area contributed by atoms with Gasteiger partial charge in [0.25, 0.3) is 0 Å². The fourth-order valence-corrected chi connectivity index (χ4v) is 11.5. The molecule has 0 aliphatic heterocycles. The molecule has 2 atom stereocenters. The van der Waals surface area contributed by atoms with E-state index in [0.717, 1.165) is 44.9 Å². The van der Waals surface area contributed by atoms with Crippen molar-refractivity contribution < 1.29 is 10.2 Å². The molecular weight excluding hydrogens is 793 g/mol. The molecule has 0 aromatic heterocycles. The molecule has 1 aliphatic carbocycles. The van der Waals surface area contributed by atoms with E-state index in [2.05, 4.69) is 185 Å². The first-order chi connectivity index (χ1) is 28.3. The van der Waals surface area contributed by atoms with Crippen LogP contribution >= 0.6 is 23.5 Å². The number of phenolic OH excluding ortho intramolecular Hbond substituents is 2. The van der Waals surface area contributed by atoms with E-state index in [1.54, 1.807) is 0 Å². The lowest BCUT2D eigenvalue weighted by atomic mass is 9.78. The summed E-state index contributed by atoms with van der Waals surface area (Å²) in [6.45, 7) is 41.1. The minimum atomic E-state index is -0.0696. The molecule has 1 fully saturated rings. The van der Waals surface area contributed by atoms with Gasteiger partial charge in [-0.3, -0.25) is 0 Å². The lowest BCUT2D eigenvalue weighted by molar-refractivity contribution is 0.470. The van der Waals surface area contributed by atoms with E-state index in [1.165, 1.54) is 71.9 Å². The molecule has 0 heterocycles. The molecule has 2 N–H and O–H groups in total. The van der Waals surface area contributed by atoms with Crippen LogP contribution in [0.4, 0.5) is 0 Å². The van der Waals surface area contributed by atoms with Gasteiger partial charge in [0.05, 0.1) is 0 Å². The third-order valence-electron chi connectivity index (χ3n) is 13.1. The number of aromatic hydroxyl groups is 2. The summed E-state index contributed by atoms with van der Waals surface area (Å²) in [6.07, 6.45) is 7.38. The van der Waals surface area contributed by atoms with Crippen LogP contribution in [0.1, 0.15) is 208 Å². The maximum atomic E-state index is 12.3. The molecule has 5 rings (SSSR count). The second-order valence-corrected chi connectivity index (χ2v) is 27.3. The molecule has 4 heteroatoms. The van der Waals surface area contributed by atoms with Gasteiger partial charge in [-0.05, 0) is 102 Å². The summed E-state index contributed by atoms with van der Waals surface area (Å²) in [4.78, 5) is 0. The molecule has 0 saturated heterocycles. The summed E-state index contributed by atoms with van der Waals surface area (Å²) in [7, 11) is 0. The van der Waals surface area contributed by atoms with E-state index in [4.69, 9.17) is 0 Å². The minimum Gasteiger partial charge on any atom is -0.507 e. The largest absolute Gasteiger partial charge is 0.507 e. The van der Waals surface area contributed by atoms with Crippen molar-refractivity contribution in [2.75, 3.05) is 0 Å². The van der Waals surface area contributed by atoms with E-state index in [1.807, 2.05) is 23.5 Å². The van der Waals surface area contributed by atoms with Crippen LogP contribution in [-0.4, -0.2) is 20.7 Å². The number of hydrogen-bond donors (Lipinski definition) is 2. The first-order valence-corrected chi connectivity index (χ1v) is 25.7. The third-order valence-corrected chi connectivity index (χ3v) is 16.2. The molecular formula is C58H84O2S2. The summed E-state index contributed by atoms with van der Waals surface area (Å²) in [5, 5.41) is 25.5. The van der Waals surface area contributed by atoms with Gasteiger partial charge < -0.3 is 10.2 Å². The van der Waals surface area contributed by atoms with E-state index < -0.39 is 0 Å². The fourth-order valence-electron chi connectivity index (χ4n) is 8.40. The van der Waals surface area contributed by atoms with Gasteiger partial charge in [-0.25, -0.2) is 0 Å². The molecule has 1 saturated carbocycles. The van der Waals surface area contributed by atoms with E-state index in [-0.39, 0.29) is 32.5 Å². The zero-order valence-corrected chi connectivity index (χ0v) is 43.9. The van der Waals surface area contributed by atoms with Gasteiger partial charge in [-0.15, -0.1) is 0 Å². The van der Waals surface area contributed by atoms with Crippen molar-refractivity contribution in [1.82, 2.24) is 0 Å². The van der Waals surface area contributed by atoms with Gasteiger partial charge >= 0.3 is 0 Å². The number of thioether (sulfide) groups is 2. The van der Waals surface area contributed by atoms with Gasteiger partial charge in [0.15, 0.2) is 0 Å². The molecule has 0 unspecified atom stereocenters. The predicted molar refractivity (Wildman–Crippen MR) is 277 cm³/mol. The second kappa shape index (κ2) is 18.6. The van der Waals surface area contributed by atoms with Crippen LogP contribution in [0.25, 0.3) is 22.3 Å². The number of hydrogen-bond acceptors (Lipinski definition) is 4. The van der Waals surface area contributed by atoms with E-state index in [9.17, 15) is 10.2 Å². The lowest BCUT2D eigenvalue weighted by Crippen LogP contribution is -2.22. The third kappa shape index (κ3) is 12.5. The monoisotopic (exact) mass is 877 g/mol. The van der Waals surface area contributed by atoms with Crippen molar-refractivity contribution in [1.29, 1.82) is 0 Å². The zero-order valence-electron chi connectivity index (χ0n) is 42.3. The van der Waals surface area contributed by atoms with Crippen LogP contribution in [0, 0.1) is 0 Å². The van der Waals surface area contributed by atoms with Gasteiger partial charge in [0.2, 0.25) is 0 Å². The van der Waals surface area contributed by atoms with Crippen LogP contribution in [0.5, 0.6) is 11.5 Å².